The van der Waals surface area contributed by atoms with Crippen molar-refractivity contribution in [2.24, 2.45) is 0 Å². The highest BCUT2D eigenvalue weighted by molar-refractivity contribution is 14.1. The smallest absolute Gasteiger partial charge is 0.216 e. The second kappa shape index (κ2) is 5.57. The number of carbonyl (C=O) groups is 1. The molecule has 0 aromatic heterocycles. The number of hydrogen-bond acceptors (Lipinski definition) is 3. The maximum absolute atomic E-state index is 10.8. The number of carbonyl (C=O) groups excluding carboxylic acids is 1. The molecule has 1 N–H and O–H groups in total. The molecule has 1 aromatic rings. The molecular formula is C12H14INO3. The van der Waals surface area contributed by atoms with Crippen molar-refractivity contribution in [2.45, 2.75) is 13.3 Å². The first-order valence-corrected chi connectivity index (χ1v) is 6.58. The van der Waals surface area contributed by atoms with Crippen LogP contribution in [0, 0.1) is 3.57 Å². The Morgan fingerprint density at radius 2 is 2.18 bits per heavy atom. The van der Waals surface area contributed by atoms with Crippen LogP contribution in [0.5, 0.6) is 11.5 Å². The Kier molecular flexibility index (Phi) is 4.09. The van der Waals surface area contributed by atoms with E-state index in [9.17, 15) is 4.79 Å². The second-order valence-corrected chi connectivity index (χ2v) is 4.95. The first kappa shape index (κ1) is 12.5. The van der Waals surface area contributed by atoms with Gasteiger partial charge in [-0.25, -0.2) is 0 Å². The lowest BCUT2D eigenvalue weighted by Gasteiger charge is -2.22. The maximum atomic E-state index is 10.8. The van der Waals surface area contributed by atoms with Gasteiger partial charge in [0.25, 0.3) is 0 Å². The van der Waals surface area contributed by atoms with E-state index >= 15 is 0 Å². The van der Waals surface area contributed by atoms with Crippen LogP contribution in [-0.4, -0.2) is 25.7 Å². The molecule has 1 aromatic carbocycles. The monoisotopic (exact) mass is 347 g/mol. The quantitative estimate of drug-likeness (QED) is 0.848. The molecule has 0 atom stereocenters. The van der Waals surface area contributed by atoms with Crippen LogP contribution in [0.15, 0.2) is 12.1 Å². The fraction of sp³-hybridized carbons (Fsp3) is 0.417. The zero-order valence-corrected chi connectivity index (χ0v) is 11.7. The summed E-state index contributed by atoms with van der Waals surface area (Å²) >= 11 is 2.28. The van der Waals surface area contributed by atoms with Crippen LogP contribution in [-0.2, 0) is 11.2 Å². The molecule has 1 heterocycles. The minimum atomic E-state index is -0.0121. The largest absolute Gasteiger partial charge is 0.486 e. The summed E-state index contributed by atoms with van der Waals surface area (Å²) in [5.41, 5.74) is 1.11. The molecule has 0 saturated heterocycles. The average Bonchev–Trinajstić information content (AvgIpc) is 2.32. The summed E-state index contributed by atoms with van der Waals surface area (Å²) in [6.45, 7) is 3.31. The molecule has 0 bridgehead atoms. The lowest BCUT2D eigenvalue weighted by Crippen LogP contribution is -2.23. The zero-order valence-electron chi connectivity index (χ0n) is 9.59. The second-order valence-electron chi connectivity index (χ2n) is 3.78. The van der Waals surface area contributed by atoms with Crippen LogP contribution < -0.4 is 14.8 Å². The summed E-state index contributed by atoms with van der Waals surface area (Å²) in [4.78, 5) is 10.8. The zero-order chi connectivity index (χ0) is 12.3. The Labute approximate surface area is 114 Å². The number of halogens is 1. The highest BCUT2D eigenvalue weighted by Gasteiger charge is 2.18. The van der Waals surface area contributed by atoms with E-state index in [1.54, 1.807) is 0 Å². The molecule has 0 unspecified atom stereocenters. The molecule has 0 fully saturated rings. The minimum Gasteiger partial charge on any atom is -0.486 e. The molecule has 1 aliphatic heterocycles. The molecule has 1 amide bonds. The van der Waals surface area contributed by atoms with Gasteiger partial charge in [-0.15, -0.1) is 0 Å². The van der Waals surface area contributed by atoms with Crippen molar-refractivity contribution < 1.29 is 14.3 Å². The van der Waals surface area contributed by atoms with Crippen molar-refractivity contribution in [1.29, 1.82) is 0 Å². The van der Waals surface area contributed by atoms with Gasteiger partial charge in [0.15, 0.2) is 11.5 Å². The van der Waals surface area contributed by atoms with E-state index in [-0.39, 0.29) is 5.91 Å². The van der Waals surface area contributed by atoms with Gasteiger partial charge in [-0.05, 0) is 41.1 Å². The lowest BCUT2D eigenvalue weighted by molar-refractivity contribution is -0.118. The maximum Gasteiger partial charge on any atom is 0.216 e. The Balaban J connectivity index is 2.16. The molecule has 4 nitrogen and oxygen atoms in total. The predicted molar refractivity (Wildman–Crippen MR) is 72.5 cm³/mol. The van der Waals surface area contributed by atoms with E-state index in [0.29, 0.717) is 19.8 Å². The van der Waals surface area contributed by atoms with E-state index in [2.05, 4.69) is 27.9 Å². The topological polar surface area (TPSA) is 47.6 Å². The molecular weight excluding hydrogens is 333 g/mol. The van der Waals surface area contributed by atoms with E-state index in [4.69, 9.17) is 9.47 Å². The highest BCUT2D eigenvalue weighted by Crippen LogP contribution is 2.36. The van der Waals surface area contributed by atoms with Gasteiger partial charge in [-0.2, -0.15) is 0 Å². The van der Waals surface area contributed by atoms with E-state index in [1.807, 2.05) is 12.1 Å². The number of ether oxygens (including phenoxy) is 2. The molecule has 0 radical (unpaired) electrons. The molecule has 0 spiro atoms. The Morgan fingerprint density at radius 3 is 2.94 bits per heavy atom. The Morgan fingerprint density at radius 1 is 1.41 bits per heavy atom. The third kappa shape index (κ3) is 3.02. The van der Waals surface area contributed by atoms with Crippen LogP contribution in [0.25, 0.3) is 0 Å². The van der Waals surface area contributed by atoms with Crippen molar-refractivity contribution in [3.05, 3.63) is 21.3 Å². The van der Waals surface area contributed by atoms with Crippen LogP contribution in [0.3, 0.4) is 0 Å². The average molecular weight is 347 g/mol. The Bertz CT molecular complexity index is 434. The summed E-state index contributed by atoms with van der Waals surface area (Å²) in [6.07, 6.45) is 0.754. The number of fused-ring (bicyclic) bond motifs is 1. The molecule has 17 heavy (non-hydrogen) atoms. The molecule has 5 heteroatoms. The fourth-order valence-electron chi connectivity index (χ4n) is 1.75. The summed E-state index contributed by atoms with van der Waals surface area (Å²) in [5, 5.41) is 2.79. The fourth-order valence-corrected chi connectivity index (χ4v) is 2.44. The van der Waals surface area contributed by atoms with Gasteiger partial charge in [-0.1, -0.05) is 0 Å². The predicted octanol–water partition coefficient (Wildman–Crippen LogP) is 1.74. The van der Waals surface area contributed by atoms with Crippen LogP contribution >= 0.6 is 22.6 Å². The number of nitrogens with one attached hydrogen (secondary N) is 1. The summed E-state index contributed by atoms with van der Waals surface area (Å²) in [5.74, 6) is 1.62. The van der Waals surface area contributed by atoms with Crippen LogP contribution in [0.4, 0.5) is 0 Å². The van der Waals surface area contributed by atoms with Crippen molar-refractivity contribution in [3.63, 3.8) is 0 Å². The Hall–Kier alpha value is -0.980. The van der Waals surface area contributed by atoms with E-state index in [1.165, 1.54) is 6.92 Å². The van der Waals surface area contributed by atoms with Gasteiger partial charge < -0.3 is 14.8 Å². The molecule has 2 rings (SSSR count). The number of benzene rings is 1. The normalized spacial score (nSPS) is 13.3. The van der Waals surface area contributed by atoms with E-state index < -0.39 is 0 Å². The van der Waals surface area contributed by atoms with Crippen molar-refractivity contribution in [2.75, 3.05) is 19.8 Å². The van der Waals surface area contributed by atoms with Gasteiger partial charge in [0.2, 0.25) is 5.91 Å². The standard InChI is InChI=1S/C12H14INO3/c1-8(15)14-5-4-9-10(13)2-3-11-12(9)17-7-6-16-11/h2-3H,4-7H2,1H3,(H,14,15). The minimum absolute atomic E-state index is 0.0121. The van der Waals surface area contributed by atoms with Crippen LogP contribution in [0.1, 0.15) is 12.5 Å². The third-order valence-electron chi connectivity index (χ3n) is 2.50. The molecule has 92 valence electrons. The SMILES string of the molecule is CC(=O)NCCc1c(I)ccc2c1OCCO2. The number of rotatable bonds is 3. The van der Waals surface area contributed by atoms with E-state index in [0.717, 1.165) is 27.1 Å². The summed E-state index contributed by atoms with van der Waals surface area (Å²) < 4.78 is 12.3. The first-order valence-electron chi connectivity index (χ1n) is 5.50. The van der Waals surface area contributed by atoms with Gasteiger partial charge >= 0.3 is 0 Å². The molecule has 0 aliphatic carbocycles. The van der Waals surface area contributed by atoms with Gasteiger partial charge in [-0.3, -0.25) is 4.79 Å². The van der Waals surface area contributed by atoms with Crippen molar-refractivity contribution in [1.82, 2.24) is 5.32 Å². The van der Waals surface area contributed by atoms with Gasteiger partial charge in [0, 0.05) is 22.6 Å². The molecule has 0 saturated carbocycles. The van der Waals surface area contributed by atoms with Gasteiger partial charge in [0.1, 0.15) is 13.2 Å². The summed E-state index contributed by atoms with van der Waals surface area (Å²) in [6, 6.07) is 3.94. The lowest BCUT2D eigenvalue weighted by atomic mass is 10.1. The first-order chi connectivity index (χ1) is 8.18. The number of hydrogen-bond donors (Lipinski definition) is 1. The summed E-state index contributed by atoms with van der Waals surface area (Å²) in [7, 11) is 0. The van der Waals surface area contributed by atoms with Crippen molar-refractivity contribution in [3.8, 4) is 11.5 Å². The van der Waals surface area contributed by atoms with Crippen molar-refractivity contribution >= 4 is 28.5 Å². The molecule has 1 aliphatic rings. The number of amides is 1. The van der Waals surface area contributed by atoms with Crippen LogP contribution in [0.2, 0.25) is 0 Å². The third-order valence-corrected chi connectivity index (χ3v) is 3.51. The highest BCUT2D eigenvalue weighted by atomic mass is 127. The van der Waals surface area contributed by atoms with Gasteiger partial charge in [0.05, 0.1) is 0 Å².